The van der Waals surface area contributed by atoms with Crippen LogP contribution in [0.25, 0.3) is 0 Å². The molecule has 0 aliphatic heterocycles. The molecule has 0 amide bonds. The lowest BCUT2D eigenvalue weighted by atomic mass is 10.2. The SMILES string of the molecule is O=C(O)c1ccc(OCCF)cc1Cl. The van der Waals surface area contributed by atoms with Gasteiger partial charge < -0.3 is 9.84 Å². The van der Waals surface area contributed by atoms with Crippen molar-refractivity contribution in [3.8, 4) is 5.75 Å². The number of ether oxygens (including phenoxy) is 1. The fourth-order valence-corrected chi connectivity index (χ4v) is 1.17. The quantitative estimate of drug-likeness (QED) is 0.844. The van der Waals surface area contributed by atoms with Crippen molar-refractivity contribution in [2.45, 2.75) is 0 Å². The Labute approximate surface area is 85.1 Å². The maximum absolute atomic E-state index is 11.7. The van der Waals surface area contributed by atoms with Gasteiger partial charge in [0.2, 0.25) is 0 Å². The van der Waals surface area contributed by atoms with Gasteiger partial charge >= 0.3 is 5.97 Å². The highest BCUT2D eigenvalue weighted by Gasteiger charge is 2.08. The van der Waals surface area contributed by atoms with E-state index < -0.39 is 12.6 Å². The molecule has 1 rings (SSSR count). The lowest BCUT2D eigenvalue weighted by molar-refractivity contribution is 0.0697. The first-order valence-electron chi connectivity index (χ1n) is 3.86. The van der Waals surface area contributed by atoms with E-state index in [2.05, 4.69) is 0 Å². The fourth-order valence-electron chi connectivity index (χ4n) is 0.915. The highest BCUT2D eigenvalue weighted by molar-refractivity contribution is 6.33. The van der Waals surface area contributed by atoms with E-state index in [1.54, 1.807) is 0 Å². The van der Waals surface area contributed by atoms with Gasteiger partial charge in [-0.25, -0.2) is 9.18 Å². The summed E-state index contributed by atoms with van der Waals surface area (Å²) in [6.07, 6.45) is 0. The number of carboxylic acid groups (broad SMARTS) is 1. The molecule has 0 saturated heterocycles. The number of carboxylic acids is 1. The Balaban J connectivity index is 2.83. The Morgan fingerprint density at radius 3 is 2.79 bits per heavy atom. The summed E-state index contributed by atoms with van der Waals surface area (Å²) in [5.74, 6) is -0.746. The van der Waals surface area contributed by atoms with Crippen LogP contribution in [0.3, 0.4) is 0 Å². The van der Waals surface area contributed by atoms with Crippen molar-refractivity contribution >= 4 is 17.6 Å². The van der Waals surface area contributed by atoms with Crippen LogP contribution in [0.5, 0.6) is 5.75 Å². The predicted molar refractivity (Wildman–Crippen MR) is 49.9 cm³/mol. The lowest BCUT2D eigenvalue weighted by Crippen LogP contribution is -2.01. The van der Waals surface area contributed by atoms with Crippen LogP contribution in [-0.2, 0) is 0 Å². The molecule has 5 heteroatoms. The van der Waals surface area contributed by atoms with Crippen molar-refractivity contribution in [3.63, 3.8) is 0 Å². The van der Waals surface area contributed by atoms with Gasteiger partial charge in [-0.1, -0.05) is 11.6 Å². The topological polar surface area (TPSA) is 46.5 Å². The molecule has 0 aliphatic rings. The molecule has 0 aliphatic carbocycles. The minimum absolute atomic E-state index is 0.000680. The van der Waals surface area contributed by atoms with Crippen LogP contribution in [-0.4, -0.2) is 24.4 Å². The number of carbonyl (C=O) groups is 1. The van der Waals surface area contributed by atoms with Crippen LogP contribution in [0.4, 0.5) is 4.39 Å². The molecule has 14 heavy (non-hydrogen) atoms. The molecule has 0 atom stereocenters. The first-order chi connectivity index (χ1) is 6.65. The first kappa shape index (κ1) is 10.8. The zero-order valence-corrected chi connectivity index (χ0v) is 7.92. The highest BCUT2D eigenvalue weighted by Crippen LogP contribution is 2.22. The van der Waals surface area contributed by atoms with Crippen molar-refractivity contribution in [3.05, 3.63) is 28.8 Å². The summed E-state index contributed by atoms with van der Waals surface area (Å²) in [6.45, 7) is -0.666. The monoisotopic (exact) mass is 218 g/mol. The number of hydrogen-bond acceptors (Lipinski definition) is 2. The van der Waals surface area contributed by atoms with E-state index in [0.717, 1.165) is 0 Å². The molecule has 76 valence electrons. The lowest BCUT2D eigenvalue weighted by Gasteiger charge is -2.05. The Morgan fingerprint density at radius 1 is 1.57 bits per heavy atom. The Hall–Kier alpha value is -1.29. The van der Waals surface area contributed by atoms with Gasteiger partial charge in [-0.2, -0.15) is 0 Å². The number of alkyl halides is 1. The van der Waals surface area contributed by atoms with E-state index in [4.69, 9.17) is 21.4 Å². The standard InChI is InChI=1S/C9H8ClFO3/c10-8-5-6(14-4-3-11)1-2-7(8)9(12)13/h1-2,5H,3-4H2,(H,12,13). The van der Waals surface area contributed by atoms with E-state index in [1.807, 2.05) is 0 Å². The summed E-state index contributed by atoms with van der Waals surface area (Å²) in [4.78, 5) is 10.6. The average molecular weight is 219 g/mol. The molecule has 0 radical (unpaired) electrons. The molecule has 0 spiro atoms. The maximum atomic E-state index is 11.7. The van der Waals surface area contributed by atoms with E-state index in [1.165, 1.54) is 18.2 Å². The largest absolute Gasteiger partial charge is 0.491 e. The third kappa shape index (κ3) is 2.60. The van der Waals surface area contributed by atoms with Gasteiger partial charge in [0.25, 0.3) is 0 Å². The normalized spacial score (nSPS) is 9.86. The van der Waals surface area contributed by atoms with Gasteiger partial charge in [-0.3, -0.25) is 0 Å². The maximum Gasteiger partial charge on any atom is 0.337 e. The number of hydrogen-bond donors (Lipinski definition) is 1. The number of benzene rings is 1. The molecule has 1 aromatic carbocycles. The van der Waals surface area contributed by atoms with Gasteiger partial charge in [0.15, 0.2) is 0 Å². The third-order valence-electron chi connectivity index (χ3n) is 1.52. The molecule has 0 heterocycles. The van der Waals surface area contributed by atoms with Crippen molar-refractivity contribution in [2.75, 3.05) is 13.3 Å². The summed E-state index contributed by atoms with van der Waals surface area (Å²) in [5.41, 5.74) is -0.000680. The average Bonchev–Trinajstić information content (AvgIpc) is 2.14. The molecule has 0 aromatic heterocycles. The van der Waals surface area contributed by atoms with Gasteiger partial charge in [-0.15, -0.1) is 0 Å². The van der Waals surface area contributed by atoms with E-state index >= 15 is 0 Å². The second kappa shape index (κ2) is 4.81. The Kier molecular flexibility index (Phi) is 3.71. The minimum Gasteiger partial charge on any atom is -0.491 e. The minimum atomic E-state index is -1.10. The smallest absolute Gasteiger partial charge is 0.337 e. The summed E-state index contributed by atoms with van der Waals surface area (Å²) in [6, 6.07) is 4.10. The fraction of sp³-hybridized carbons (Fsp3) is 0.222. The van der Waals surface area contributed by atoms with E-state index in [0.29, 0.717) is 5.75 Å². The molecule has 0 bridgehead atoms. The zero-order valence-electron chi connectivity index (χ0n) is 7.17. The summed E-state index contributed by atoms with van der Waals surface area (Å²) < 4.78 is 16.7. The molecule has 0 fully saturated rings. The second-order valence-electron chi connectivity index (χ2n) is 2.48. The van der Waals surface area contributed by atoms with Gasteiger partial charge in [0.05, 0.1) is 10.6 Å². The van der Waals surface area contributed by atoms with Crippen molar-refractivity contribution in [1.29, 1.82) is 0 Å². The van der Waals surface area contributed by atoms with Crippen LogP contribution in [0.2, 0.25) is 5.02 Å². The van der Waals surface area contributed by atoms with Crippen molar-refractivity contribution in [1.82, 2.24) is 0 Å². The molecular formula is C9H8ClFO3. The number of halogens is 2. The molecular weight excluding hydrogens is 211 g/mol. The van der Waals surface area contributed by atoms with Crippen LogP contribution in [0, 0.1) is 0 Å². The van der Waals surface area contributed by atoms with E-state index in [-0.39, 0.29) is 17.2 Å². The molecule has 3 nitrogen and oxygen atoms in total. The van der Waals surface area contributed by atoms with Gasteiger partial charge in [0.1, 0.15) is 19.0 Å². The summed E-state index contributed by atoms with van der Waals surface area (Å²) in [5, 5.41) is 8.72. The first-order valence-corrected chi connectivity index (χ1v) is 4.24. The predicted octanol–water partition coefficient (Wildman–Crippen LogP) is 2.39. The van der Waals surface area contributed by atoms with Crippen molar-refractivity contribution < 1.29 is 19.0 Å². The number of aromatic carboxylic acids is 1. The van der Waals surface area contributed by atoms with E-state index in [9.17, 15) is 9.18 Å². The van der Waals surface area contributed by atoms with Crippen LogP contribution in [0.1, 0.15) is 10.4 Å². The molecule has 0 unspecified atom stereocenters. The van der Waals surface area contributed by atoms with Crippen LogP contribution < -0.4 is 4.74 Å². The van der Waals surface area contributed by atoms with Gasteiger partial charge in [0, 0.05) is 0 Å². The van der Waals surface area contributed by atoms with Crippen LogP contribution in [0.15, 0.2) is 18.2 Å². The highest BCUT2D eigenvalue weighted by atomic mass is 35.5. The second-order valence-corrected chi connectivity index (χ2v) is 2.89. The van der Waals surface area contributed by atoms with Crippen molar-refractivity contribution in [2.24, 2.45) is 0 Å². The molecule has 1 N–H and O–H groups in total. The Morgan fingerprint density at radius 2 is 2.29 bits per heavy atom. The number of rotatable bonds is 4. The summed E-state index contributed by atoms with van der Waals surface area (Å²) >= 11 is 5.65. The zero-order chi connectivity index (χ0) is 10.6. The summed E-state index contributed by atoms with van der Waals surface area (Å²) in [7, 11) is 0. The molecule has 1 aromatic rings. The van der Waals surface area contributed by atoms with Gasteiger partial charge in [-0.05, 0) is 18.2 Å². The van der Waals surface area contributed by atoms with Crippen LogP contribution >= 0.6 is 11.6 Å². The molecule has 0 saturated carbocycles. The third-order valence-corrected chi connectivity index (χ3v) is 1.83. The Bertz CT molecular complexity index is 341.